The van der Waals surface area contributed by atoms with Crippen molar-refractivity contribution in [1.82, 2.24) is 0 Å². The lowest BCUT2D eigenvalue weighted by molar-refractivity contribution is -0.137. The van der Waals surface area contributed by atoms with Crippen molar-refractivity contribution >= 4 is 21.6 Å². The van der Waals surface area contributed by atoms with Crippen LogP contribution in [0.4, 0.5) is 18.9 Å². The van der Waals surface area contributed by atoms with Gasteiger partial charge in [0.15, 0.2) is 0 Å². The van der Waals surface area contributed by atoms with Gasteiger partial charge in [-0.15, -0.1) is 0 Å². The van der Waals surface area contributed by atoms with Gasteiger partial charge in [0, 0.05) is 16.7 Å². The molecule has 3 nitrogen and oxygen atoms in total. The summed E-state index contributed by atoms with van der Waals surface area (Å²) in [6.45, 7) is 5.77. The molecule has 0 amide bonds. The highest BCUT2D eigenvalue weighted by atomic mass is 79.9. The zero-order valence-electron chi connectivity index (χ0n) is 12.1. The molecule has 0 spiro atoms. The number of benzene rings is 1. The quantitative estimate of drug-likeness (QED) is 0.822. The molecule has 0 radical (unpaired) electrons. The molecule has 1 unspecified atom stereocenters. The van der Waals surface area contributed by atoms with Crippen LogP contribution in [0.5, 0.6) is 0 Å². The maximum absolute atomic E-state index is 12.6. The van der Waals surface area contributed by atoms with E-state index in [9.17, 15) is 18.3 Å². The fourth-order valence-corrected chi connectivity index (χ4v) is 1.86. The summed E-state index contributed by atoms with van der Waals surface area (Å²) in [6, 6.07) is 3.32. The Bertz CT molecular complexity index is 472. The van der Waals surface area contributed by atoms with Crippen molar-refractivity contribution in [3.05, 3.63) is 28.2 Å². The third-order valence-corrected chi connectivity index (χ3v) is 3.22. The number of aliphatic hydroxyl groups is 1. The summed E-state index contributed by atoms with van der Waals surface area (Å²) in [5, 5.41) is 12.6. The van der Waals surface area contributed by atoms with Gasteiger partial charge in [-0.05, 0) is 54.9 Å². The summed E-state index contributed by atoms with van der Waals surface area (Å²) < 4.78 is 43.8. The predicted molar refractivity (Wildman–Crippen MR) is 79.3 cm³/mol. The van der Waals surface area contributed by atoms with Crippen LogP contribution in [0.1, 0.15) is 26.3 Å². The van der Waals surface area contributed by atoms with Crippen LogP contribution in [0.25, 0.3) is 0 Å². The van der Waals surface area contributed by atoms with Crippen molar-refractivity contribution in [1.29, 1.82) is 0 Å². The van der Waals surface area contributed by atoms with Crippen LogP contribution < -0.4 is 5.32 Å². The fraction of sp³-hybridized carbons (Fsp3) is 0.571. The molecule has 1 rings (SSSR count). The number of alkyl halides is 3. The maximum atomic E-state index is 12.6. The van der Waals surface area contributed by atoms with Gasteiger partial charge in [0.1, 0.15) is 0 Å². The molecule has 0 bridgehead atoms. The Morgan fingerprint density at radius 3 is 2.43 bits per heavy atom. The van der Waals surface area contributed by atoms with Crippen LogP contribution in [0, 0.1) is 0 Å². The molecule has 2 N–H and O–H groups in total. The summed E-state index contributed by atoms with van der Waals surface area (Å²) in [7, 11) is 0. The molecular weight excluding hydrogens is 351 g/mol. The molecule has 0 aliphatic heterocycles. The second kappa shape index (κ2) is 6.98. The van der Waals surface area contributed by atoms with Gasteiger partial charge in [-0.2, -0.15) is 13.2 Å². The Kier molecular flexibility index (Phi) is 6.07. The molecule has 1 atom stereocenters. The van der Waals surface area contributed by atoms with Crippen molar-refractivity contribution in [2.45, 2.75) is 38.7 Å². The number of halogens is 4. The molecule has 21 heavy (non-hydrogen) atoms. The summed E-state index contributed by atoms with van der Waals surface area (Å²) in [5.41, 5.74) is -0.842. The lowest BCUT2D eigenvalue weighted by atomic mass is 10.2. The number of ether oxygens (including phenoxy) is 1. The van der Waals surface area contributed by atoms with E-state index in [0.717, 1.165) is 12.1 Å². The molecule has 1 aromatic carbocycles. The lowest BCUT2D eigenvalue weighted by Crippen LogP contribution is -2.30. The Labute approximate surface area is 130 Å². The molecule has 0 aliphatic carbocycles. The number of hydrogen-bond donors (Lipinski definition) is 2. The average Bonchev–Trinajstić information content (AvgIpc) is 2.33. The van der Waals surface area contributed by atoms with Crippen molar-refractivity contribution in [3.8, 4) is 0 Å². The van der Waals surface area contributed by atoms with Crippen molar-refractivity contribution in [3.63, 3.8) is 0 Å². The van der Waals surface area contributed by atoms with Gasteiger partial charge in [0.05, 0.1) is 23.9 Å². The summed E-state index contributed by atoms with van der Waals surface area (Å²) >= 11 is 3.18. The predicted octanol–water partition coefficient (Wildman–Crippen LogP) is 4.06. The molecule has 1 aromatic rings. The number of hydrogen-bond acceptors (Lipinski definition) is 3. The fourth-order valence-electron chi connectivity index (χ4n) is 1.47. The Morgan fingerprint density at radius 1 is 1.29 bits per heavy atom. The summed E-state index contributed by atoms with van der Waals surface area (Å²) in [6.07, 6.45) is -5.21. The van der Waals surface area contributed by atoms with E-state index in [1.807, 2.05) is 20.8 Å². The van der Waals surface area contributed by atoms with E-state index >= 15 is 0 Å². The van der Waals surface area contributed by atoms with Gasteiger partial charge in [0.2, 0.25) is 0 Å². The van der Waals surface area contributed by atoms with E-state index in [0.29, 0.717) is 4.47 Å². The first-order chi connectivity index (χ1) is 9.49. The number of rotatable bonds is 5. The first-order valence-electron chi connectivity index (χ1n) is 6.42. The molecule has 0 saturated heterocycles. The molecular formula is C14H19BrF3NO2. The zero-order chi connectivity index (χ0) is 16.3. The van der Waals surface area contributed by atoms with Crippen molar-refractivity contribution in [2.75, 3.05) is 18.5 Å². The first-order valence-corrected chi connectivity index (χ1v) is 7.21. The highest BCUT2D eigenvalue weighted by Gasteiger charge is 2.30. The summed E-state index contributed by atoms with van der Waals surface area (Å²) in [5.74, 6) is 0. The molecule has 0 aliphatic rings. The SMILES string of the molecule is CC(C)(C)OCC(O)CNc1cc(C(F)(F)F)ccc1Br. The van der Waals surface area contributed by atoms with Gasteiger partial charge >= 0.3 is 6.18 Å². The number of nitrogens with one attached hydrogen (secondary N) is 1. The van der Waals surface area contributed by atoms with Crippen LogP contribution in [0.3, 0.4) is 0 Å². The molecule has 0 fully saturated rings. The minimum Gasteiger partial charge on any atom is -0.389 e. The lowest BCUT2D eigenvalue weighted by Gasteiger charge is -2.22. The Hall–Kier alpha value is -0.790. The third-order valence-electron chi connectivity index (χ3n) is 2.53. The molecule has 0 aromatic heterocycles. The monoisotopic (exact) mass is 369 g/mol. The highest BCUT2D eigenvalue weighted by Crippen LogP contribution is 2.33. The van der Waals surface area contributed by atoms with Crippen LogP contribution >= 0.6 is 15.9 Å². The van der Waals surface area contributed by atoms with Crippen molar-refractivity contribution < 1.29 is 23.0 Å². The molecule has 0 saturated carbocycles. The van der Waals surface area contributed by atoms with E-state index in [4.69, 9.17) is 4.74 Å². The van der Waals surface area contributed by atoms with Gasteiger partial charge in [-0.1, -0.05) is 0 Å². The minimum absolute atomic E-state index is 0.0932. The largest absolute Gasteiger partial charge is 0.416 e. The van der Waals surface area contributed by atoms with Gasteiger partial charge < -0.3 is 15.2 Å². The Morgan fingerprint density at radius 2 is 1.90 bits per heavy atom. The van der Waals surface area contributed by atoms with Crippen molar-refractivity contribution in [2.24, 2.45) is 0 Å². The number of anilines is 1. The average molecular weight is 370 g/mol. The topological polar surface area (TPSA) is 41.5 Å². The highest BCUT2D eigenvalue weighted by molar-refractivity contribution is 9.10. The second-order valence-electron chi connectivity index (χ2n) is 5.65. The van der Waals surface area contributed by atoms with Crippen LogP contribution in [-0.2, 0) is 10.9 Å². The standard InChI is InChI=1S/C14H19BrF3NO2/c1-13(2,3)21-8-10(20)7-19-12-6-9(14(16,17)18)4-5-11(12)15/h4-6,10,19-20H,7-8H2,1-3H3. The van der Waals surface area contributed by atoms with Crippen LogP contribution in [0.15, 0.2) is 22.7 Å². The van der Waals surface area contributed by atoms with Crippen LogP contribution in [0.2, 0.25) is 0 Å². The van der Waals surface area contributed by atoms with E-state index in [1.165, 1.54) is 6.07 Å². The zero-order valence-corrected chi connectivity index (χ0v) is 13.7. The van der Waals surface area contributed by atoms with Gasteiger partial charge in [0.25, 0.3) is 0 Å². The second-order valence-corrected chi connectivity index (χ2v) is 6.50. The minimum atomic E-state index is -4.40. The van der Waals surface area contributed by atoms with Gasteiger partial charge in [-0.3, -0.25) is 0 Å². The molecule has 120 valence electrons. The van der Waals surface area contributed by atoms with Gasteiger partial charge in [-0.25, -0.2) is 0 Å². The maximum Gasteiger partial charge on any atom is 0.416 e. The van der Waals surface area contributed by atoms with E-state index in [1.54, 1.807) is 0 Å². The third kappa shape index (κ3) is 6.67. The van der Waals surface area contributed by atoms with E-state index in [2.05, 4.69) is 21.2 Å². The number of aliphatic hydroxyl groups excluding tert-OH is 1. The van der Waals surface area contributed by atoms with E-state index < -0.39 is 17.8 Å². The molecule has 0 heterocycles. The summed E-state index contributed by atoms with van der Waals surface area (Å²) in [4.78, 5) is 0. The normalized spacial score (nSPS) is 14.1. The smallest absolute Gasteiger partial charge is 0.389 e. The van der Waals surface area contributed by atoms with E-state index in [-0.39, 0.29) is 24.4 Å². The Balaban J connectivity index is 2.63. The first kappa shape index (κ1) is 18.3. The van der Waals surface area contributed by atoms with Crippen LogP contribution in [-0.4, -0.2) is 30.0 Å². The molecule has 7 heteroatoms.